The zero-order chi connectivity index (χ0) is 20.2. The lowest BCUT2D eigenvalue weighted by Gasteiger charge is -2.39. The van der Waals surface area contributed by atoms with Crippen LogP contribution in [0.3, 0.4) is 0 Å². The monoisotopic (exact) mass is 398 g/mol. The van der Waals surface area contributed by atoms with Crippen LogP contribution in [0.4, 0.5) is 0 Å². The Bertz CT molecular complexity index is 906. The van der Waals surface area contributed by atoms with E-state index in [1.165, 1.54) is 19.3 Å². The number of amides is 1. The summed E-state index contributed by atoms with van der Waals surface area (Å²) in [4.78, 5) is 22.0. The Morgan fingerprint density at radius 2 is 2.00 bits per heavy atom. The van der Waals surface area contributed by atoms with Crippen LogP contribution in [0.2, 0.25) is 0 Å². The molecule has 4 heterocycles. The molecule has 5 rings (SSSR count). The molecule has 2 aromatic heterocycles. The molecule has 3 fully saturated rings. The number of likely N-dealkylation sites (tertiary alicyclic amines) is 2. The number of hydrogen-bond donors (Lipinski definition) is 0. The van der Waals surface area contributed by atoms with Gasteiger partial charge in [-0.25, -0.2) is 0 Å². The molecule has 0 bridgehead atoms. The van der Waals surface area contributed by atoms with Crippen LogP contribution in [0, 0.1) is 12.3 Å². The second kappa shape index (κ2) is 6.93. The van der Waals surface area contributed by atoms with E-state index in [0.29, 0.717) is 11.6 Å². The summed E-state index contributed by atoms with van der Waals surface area (Å²) in [5.41, 5.74) is 1.79. The van der Waals surface area contributed by atoms with Crippen molar-refractivity contribution in [3.63, 3.8) is 0 Å². The Hall–Kier alpha value is -2.22. The number of carbonyl (C=O) groups excluding carboxylic acids is 1. The molecule has 0 aromatic carbocycles. The molecule has 0 radical (unpaired) electrons. The van der Waals surface area contributed by atoms with Crippen molar-refractivity contribution in [2.75, 3.05) is 26.7 Å². The number of aromatic nitrogens is 4. The van der Waals surface area contributed by atoms with Gasteiger partial charge in [0.2, 0.25) is 5.89 Å². The Morgan fingerprint density at radius 3 is 2.62 bits per heavy atom. The van der Waals surface area contributed by atoms with Crippen molar-refractivity contribution in [1.82, 2.24) is 29.7 Å². The number of hydrogen-bond acceptors (Lipinski definition) is 6. The van der Waals surface area contributed by atoms with Gasteiger partial charge in [-0.15, -0.1) is 0 Å². The summed E-state index contributed by atoms with van der Waals surface area (Å²) < 4.78 is 7.26. The van der Waals surface area contributed by atoms with E-state index in [9.17, 15) is 4.79 Å². The standard InChI is InChI=1S/C21H30N6O2/c1-14-11-16(26(3)23-14)20(28)27-9-7-21(8-10-27)12-17(25(2)13-21)18-22-19(29-24-18)15-5-4-6-15/h11,15,17H,4-10,12-13H2,1-3H3. The van der Waals surface area contributed by atoms with E-state index in [2.05, 4.69) is 22.2 Å². The van der Waals surface area contributed by atoms with Gasteiger partial charge in [0.25, 0.3) is 5.91 Å². The molecule has 29 heavy (non-hydrogen) atoms. The maximum absolute atomic E-state index is 12.9. The Labute approximate surface area is 171 Å². The lowest BCUT2D eigenvalue weighted by molar-refractivity contribution is 0.0583. The molecular weight excluding hydrogens is 368 g/mol. The fraction of sp³-hybridized carbons (Fsp3) is 0.714. The molecular formula is C21H30N6O2. The third-order valence-electron chi connectivity index (χ3n) is 7.29. The van der Waals surface area contributed by atoms with Crippen molar-refractivity contribution in [3.05, 3.63) is 29.2 Å². The summed E-state index contributed by atoms with van der Waals surface area (Å²) in [5, 5.41) is 8.64. The molecule has 1 aliphatic carbocycles. The van der Waals surface area contributed by atoms with E-state index in [4.69, 9.17) is 9.51 Å². The van der Waals surface area contributed by atoms with Crippen LogP contribution in [0.1, 0.15) is 78.4 Å². The molecule has 2 aromatic rings. The lowest BCUT2D eigenvalue weighted by Crippen LogP contribution is -2.44. The zero-order valence-electron chi connectivity index (χ0n) is 17.6. The van der Waals surface area contributed by atoms with Crippen molar-refractivity contribution in [2.24, 2.45) is 12.5 Å². The molecule has 156 valence electrons. The van der Waals surface area contributed by atoms with Crippen molar-refractivity contribution in [2.45, 2.75) is 57.4 Å². The normalized spacial score (nSPS) is 24.9. The van der Waals surface area contributed by atoms with E-state index in [0.717, 1.165) is 56.3 Å². The number of rotatable bonds is 3. The topological polar surface area (TPSA) is 80.3 Å². The summed E-state index contributed by atoms with van der Waals surface area (Å²) in [5.74, 6) is 2.23. The number of carbonyl (C=O) groups is 1. The lowest BCUT2D eigenvalue weighted by atomic mass is 9.76. The van der Waals surface area contributed by atoms with Gasteiger partial charge in [0, 0.05) is 32.6 Å². The van der Waals surface area contributed by atoms with Crippen molar-refractivity contribution < 1.29 is 9.32 Å². The minimum Gasteiger partial charge on any atom is -0.339 e. The molecule has 8 heteroatoms. The van der Waals surface area contributed by atoms with Gasteiger partial charge in [0.05, 0.1) is 11.7 Å². The minimum atomic E-state index is 0.0918. The van der Waals surface area contributed by atoms with Gasteiger partial charge < -0.3 is 9.42 Å². The van der Waals surface area contributed by atoms with Crippen LogP contribution in [0.5, 0.6) is 0 Å². The average molecular weight is 399 g/mol. The first-order valence-corrected chi connectivity index (χ1v) is 10.8. The zero-order valence-corrected chi connectivity index (χ0v) is 17.6. The summed E-state index contributed by atoms with van der Waals surface area (Å²) in [7, 11) is 4.00. The summed E-state index contributed by atoms with van der Waals surface area (Å²) in [6.07, 6.45) is 6.69. The fourth-order valence-corrected chi connectivity index (χ4v) is 5.28. The second-order valence-corrected chi connectivity index (χ2v) is 9.34. The molecule has 1 spiro atoms. The van der Waals surface area contributed by atoms with Crippen molar-refractivity contribution >= 4 is 5.91 Å². The molecule has 1 amide bonds. The molecule has 1 saturated carbocycles. The first-order chi connectivity index (χ1) is 13.9. The average Bonchev–Trinajstić information content (AvgIpc) is 3.32. The molecule has 2 saturated heterocycles. The number of aryl methyl sites for hydroxylation is 2. The Kier molecular flexibility index (Phi) is 4.49. The molecule has 2 aliphatic heterocycles. The Balaban J connectivity index is 1.24. The smallest absolute Gasteiger partial charge is 0.272 e. The highest BCUT2D eigenvalue weighted by Crippen LogP contribution is 2.48. The van der Waals surface area contributed by atoms with Gasteiger partial charge in [-0.2, -0.15) is 10.1 Å². The molecule has 0 N–H and O–H groups in total. The predicted molar refractivity (Wildman–Crippen MR) is 106 cm³/mol. The highest BCUT2D eigenvalue weighted by atomic mass is 16.5. The predicted octanol–water partition coefficient (Wildman–Crippen LogP) is 2.68. The van der Waals surface area contributed by atoms with Crippen molar-refractivity contribution in [3.8, 4) is 0 Å². The van der Waals surface area contributed by atoms with E-state index in [1.54, 1.807) is 4.68 Å². The first kappa shape index (κ1) is 18.8. The third-order valence-corrected chi connectivity index (χ3v) is 7.29. The van der Waals surface area contributed by atoms with E-state index in [-0.39, 0.29) is 17.4 Å². The van der Waals surface area contributed by atoms with Crippen molar-refractivity contribution in [1.29, 1.82) is 0 Å². The number of nitrogens with zero attached hydrogens (tertiary/aromatic N) is 6. The van der Waals surface area contributed by atoms with Gasteiger partial charge in [-0.1, -0.05) is 11.6 Å². The third kappa shape index (κ3) is 3.27. The Morgan fingerprint density at radius 1 is 1.24 bits per heavy atom. The SMILES string of the molecule is Cc1cc(C(=O)N2CCC3(CC2)CC(c2noc(C4CCC4)n2)N(C)C3)n(C)n1. The largest absolute Gasteiger partial charge is 0.339 e. The summed E-state index contributed by atoms with van der Waals surface area (Å²) in [6, 6.07) is 2.09. The van der Waals surface area contributed by atoms with Crippen LogP contribution in [-0.2, 0) is 7.05 Å². The first-order valence-electron chi connectivity index (χ1n) is 10.8. The van der Waals surface area contributed by atoms with E-state index < -0.39 is 0 Å². The van der Waals surface area contributed by atoms with Crippen LogP contribution in [-0.4, -0.2) is 62.3 Å². The minimum absolute atomic E-state index is 0.0918. The van der Waals surface area contributed by atoms with Gasteiger partial charge in [-0.3, -0.25) is 14.4 Å². The van der Waals surface area contributed by atoms with Crippen LogP contribution < -0.4 is 0 Å². The highest BCUT2D eigenvalue weighted by molar-refractivity contribution is 5.92. The van der Waals surface area contributed by atoms with E-state index >= 15 is 0 Å². The molecule has 1 atom stereocenters. The fourth-order valence-electron chi connectivity index (χ4n) is 5.28. The maximum atomic E-state index is 12.9. The number of piperidine rings is 1. The van der Waals surface area contributed by atoms with Crippen LogP contribution in [0.15, 0.2) is 10.6 Å². The van der Waals surface area contributed by atoms with Crippen LogP contribution >= 0.6 is 0 Å². The van der Waals surface area contributed by atoms with Gasteiger partial charge in [-0.05, 0) is 57.6 Å². The maximum Gasteiger partial charge on any atom is 0.272 e. The quantitative estimate of drug-likeness (QED) is 0.791. The second-order valence-electron chi connectivity index (χ2n) is 9.34. The molecule has 8 nitrogen and oxygen atoms in total. The van der Waals surface area contributed by atoms with Gasteiger partial charge in [0.15, 0.2) is 5.82 Å². The molecule has 1 unspecified atom stereocenters. The van der Waals surface area contributed by atoms with Gasteiger partial charge in [0.1, 0.15) is 5.69 Å². The summed E-state index contributed by atoms with van der Waals surface area (Å²) >= 11 is 0. The summed E-state index contributed by atoms with van der Waals surface area (Å²) in [6.45, 7) is 4.54. The van der Waals surface area contributed by atoms with Crippen LogP contribution in [0.25, 0.3) is 0 Å². The highest BCUT2D eigenvalue weighted by Gasteiger charge is 2.47. The molecule has 3 aliphatic rings. The van der Waals surface area contributed by atoms with E-state index in [1.807, 2.05) is 24.9 Å². The van der Waals surface area contributed by atoms with Gasteiger partial charge >= 0.3 is 0 Å².